The van der Waals surface area contributed by atoms with Crippen LogP contribution in [0.15, 0.2) is 29.8 Å². The van der Waals surface area contributed by atoms with Crippen LogP contribution < -0.4 is 10.5 Å². The van der Waals surface area contributed by atoms with Gasteiger partial charge < -0.3 is 15.2 Å². The molecule has 2 rings (SSSR count). The minimum absolute atomic E-state index is 0.179. The number of methoxy groups -OCH3 is 1. The Bertz CT molecular complexity index is 626. The Morgan fingerprint density at radius 3 is 2.73 bits per heavy atom. The van der Waals surface area contributed by atoms with Crippen molar-refractivity contribution in [2.75, 3.05) is 7.11 Å². The molecule has 1 amide bonds. The van der Waals surface area contributed by atoms with E-state index in [2.05, 4.69) is 4.98 Å². The summed E-state index contributed by atoms with van der Waals surface area (Å²) >= 11 is 1.55. The van der Waals surface area contributed by atoms with Gasteiger partial charge in [0.2, 0.25) is 0 Å². The van der Waals surface area contributed by atoms with Crippen LogP contribution in [0.25, 0.3) is 10.6 Å². The molecule has 2 aromatic rings. The summed E-state index contributed by atoms with van der Waals surface area (Å²) in [6, 6.07) is 5.90. The van der Waals surface area contributed by atoms with Crippen molar-refractivity contribution >= 4 is 17.4 Å². The van der Waals surface area contributed by atoms with Gasteiger partial charge in [-0.2, -0.15) is 0 Å². The first-order chi connectivity index (χ1) is 10.5. The average molecular weight is 320 g/mol. The highest BCUT2D eigenvalue weighted by atomic mass is 32.1. The number of nitrogens with zero attached hydrogens (tertiary/aromatic N) is 1. The van der Waals surface area contributed by atoms with Gasteiger partial charge in [0.15, 0.2) is 0 Å². The third-order valence-corrected chi connectivity index (χ3v) is 4.18. The number of carbonyl (C=O) groups is 1. The maximum absolute atomic E-state index is 11.0. The zero-order valence-corrected chi connectivity index (χ0v) is 13.7. The minimum Gasteiger partial charge on any atom is -0.496 e. The van der Waals surface area contributed by atoms with Crippen molar-refractivity contribution in [1.82, 2.24) is 4.98 Å². The van der Waals surface area contributed by atoms with E-state index in [1.807, 2.05) is 37.4 Å². The predicted octanol–water partition coefficient (Wildman–Crippen LogP) is 3.48. The molecule has 0 spiro atoms. The second-order valence-electron chi connectivity index (χ2n) is 5.30. The first kappa shape index (κ1) is 16.3. The van der Waals surface area contributed by atoms with E-state index in [4.69, 9.17) is 15.2 Å². The lowest BCUT2D eigenvalue weighted by atomic mass is 9.97. The highest BCUT2D eigenvalue weighted by molar-refractivity contribution is 7.13. The minimum atomic E-state index is -0.743. The van der Waals surface area contributed by atoms with Crippen LogP contribution in [-0.4, -0.2) is 24.3 Å². The number of hydrogen-bond acceptors (Lipinski definition) is 5. The van der Waals surface area contributed by atoms with Crippen molar-refractivity contribution in [3.05, 3.63) is 35.3 Å². The van der Waals surface area contributed by atoms with Gasteiger partial charge in [-0.25, -0.2) is 9.78 Å². The van der Waals surface area contributed by atoms with Crippen LogP contribution in [0.4, 0.5) is 4.79 Å². The van der Waals surface area contributed by atoms with Crippen LogP contribution in [0.1, 0.15) is 19.4 Å². The Morgan fingerprint density at radius 1 is 1.41 bits per heavy atom. The molecule has 6 heteroatoms. The number of carbonyl (C=O) groups excluding carboxylic acids is 1. The fraction of sp³-hybridized carbons (Fsp3) is 0.375. The van der Waals surface area contributed by atoms with Crippen LogP contribution in [0.3, 0.4) is 0 Å². The molecule has 0 radical (unpaired) electrons. The zero-order chi connectivity index (χ0) is 16.1. The molecule has 1 heterocycles. The Kier molecular flexibility index (Phi) is 5.38. The Morgan fingerprint density at radius 2 is 2.18 bits per heavy atom. The van der Waals surface area contributed by atoms with Crippen molar-refractivity contribution in [1.29, 1.82) is 0 Å². The predicted molar refractivity (Wildman–Crippen MR) is 87.1 cm³/mol. The van der Waals surface area contributed by atoms with Crippen LogP contribution in [0, 0.1) is 5.92 Å². The number of rotatable bonds is 6. The molecular weight excluding hydrogens is 300 g/mol. The number of amides is 1. The third-order valence-electron chi connectivity index (χ3n) is 3.37. The van der Waals surface area contributed by atoms with E-state index in [1.165, 1.54) is 0 Å². The lowest BCUT2D eigenvalue weighted by Gasteiger charge is -2.20. The number of nitrogens with two attached hydrogens (primary N) is 1. The molecule has 0 aliphatic rings. The molecule has 1 aromatic heterocycles. The lowest BCUT2D eigenvalue weighted by Crippen LogP contribution is -2.28. The van der Waals surface area contributed by atoms with Gasteiger partial charge in [0.1, 0.15) is 16.9 Å². The van der Waals surface area contributed by atoms with E-state index < -0.39 is 6.09 Å². The van der Waals surface area contributed by atoms with E-state index in [0.29, 0.717) is 6.42 Å². The summed E-state index contributed by atoms with van der Waals surface area (Å²) in [5.74, 6) is 0.952. The summed E-state index contributed by atoms with van der Waals surface area (Å²) in [6.45, 7) is 4.00. The first-order valence-electron chi connectivity index (χ1n) is 7.04. The molecule has 5 nitrogen and oxygen atoms in total. The van der Waals surface area contributed by atoms with Crippen LogP contribution >= 0.6 is 11.3 Å². The number of hydrogen-bond donors (Lipinski definition) is 1. The van der Waals surface area contributed by atoms with E-state index in [1.54, 1.807) is 24.6 Å². The summed E-state index contributed by atoms with van der Waals surface area (Å²) in [7, 11) is 1.64. The lowest BCUT2D eigenvalue weighted by molar-refractivity contribution is 0.0788. The van der Waals surface area contributed by atoms with E-state index in [0.717, 1.165) is 21.9 Å². The summed E-state index contributed by atoms with van der Waals surface area (Å²) < 4.78 is 10.6. The largest absolute Gasteiger partial charge is 0.496 e. The molecule has 0 aliphatic carbocycles. The number of aromatic nitrogens is 1. The van der Waals surface area contributed by atoms with Crippen molar-refractivity contribution in [2.24, 2.45) is 11.7 Å². The highest BCUT2D eigenvalue weighted by Crippen LogP contribution is 2.32. The molecular formula is C16H20N2O3S. The first-order valence-corrected chi connectivity index (χ1v) is 7.92. The fourth-order valence-electron chi connectivity index (χ4n) is 2.20. The SMILES string of the molecule is COc1ccc(CC(OC(N)=O)C(C)C)cc1-c1nccs1. The van der Waals surface area contributed by atoms with Crippen molar-refractivity contribution in [3.8, 4) is 16.3 Å². The second-order valence-corrected chi connectivity index (χ2v) is 6.19. The van der Waals surface area contributed by atoms with Gasteiger partial charge in [-0.1, -0.05) is 19.9 Å². The van der Waals surface area contributed by atoms with Crippen LogP contribution in [0.2, 0.25) is 0 Å². The smallest absolute Gasteiger partial charge is 0.404 e. The Balaban J connectivity index is 2.28. The van der Waals surface area contributed by atoms with Crippen molar-refractivity contribution < 1.29 is 14.3 Å². The molecule has 0 bridgehead atoms. The van der Waals surface area contributed by atoms with Gasteiger partial charge in [0.05, 0.1) is 12.7 Å². The van der Waals surface area contributed by atoms with E-state index in [9.17, 15) is 4.79 Å². The maximum Gasteiger partial charge on any atom is 0.404 e. The van der Waals surface area contributed by atoms with Gasteiger partial charge in [-0.15, -0.1) is 11.3 Å². The normalized spacial score (nSPS) is 12.2. The number of ether oxygens (including phenoxy) is 2. The van der Waals surface area contributed by atoms with Crippen LogP contribution in [0.5, 0.6) is 5.75 Å². The van der Waals surface area contributed by atoms with Gasteiger partial charge in [-0.05, 0) is 23.6 Å². The Labute approximate surface area is 134 Å². The molecule has 0 saturated carbocycles. The molecule has 0 fully saturated rings. The van der Waals surface area contributed by atoms with Gasteiger partial charge in [0, 0.05) is 18.0 Å². The summed E-state index contributed by atoms with van der Waals surface area (Å²) in [4.78, 5) is 15.4. The summed E-state index contributed by atoms with van der Waals surface area (Å²) in [5.41, 5.74) is 7.14. The second kappa shape index (κ2) is 7.26. The molecule has 0 saturated heterocycles. The third kappa shape index (κ3) is 3.98. The molecule has 1 atom stereocenters. The van der Waals surface area contributed by atoms with Crippen molar-refractivity contribution in [2.45, 2.75) is 26.4 Å². The van der Waals surface area contributed by atoms with Crippen molar-refractivity contribution in [3.63, 3.8) is 0 Å². The number of primary amides is 1. The quantitative estimate of drug-likeness (QED) is 0.884. The monoisotopic (exact) mass is 320 g/mol. The van der Waals surface area contributed by atoms with Gasteiger partial charge in [-0.3, -0.25) is 0 Å². The summed E-state index contributed by atoms with van der Waals surface area (Å²) in [5, 5.41) is 2.82. The molecule has 1 unspecified atom stereocenters. The summed E-state index contributed by atoms with van der Waals surface area (Å²) in [6.07, 6.45) is 1.37. The van der Waals surface area contributed by atoms with E-state index >= 15 is 0 Å². The molecule has 0 aliphatic heterocycles. The average Bonchev–Trinajstić information content (AvgIpc) is 3.00. The molecule has 2 N–H and O–H groups in total. The standard InChI is InChI=1S/C16H20N2O3S/c1-10(2)14(21-16(17)19)9-11-4-5-13(20-3)12(8-11)15-18-6-7-22-15/h4-8,10,14H,9H2,1-3H3,(H2,17,19). The molecule has 1 aromatic carbocycles. The number of benzene rings is 1. The van der Waals surface area contributed by atoms with Gasteiger partial charge >= 0.3 is 6.09 Å². The maximum atomic E-state index is 11.0. The van der Waals surface area contributed by atoms with Gasteiger partial charge in [0.25, 0.3) is 0 Å². The molecule has 22 heavy (non-hydrogen) atoms. The fourth-order valence-corrected chi connectivity index (χ4v) is 2.86. The highest BCUT2D eigenvalue weighted by Gasteiger charge is 2.19. The number of thiazole rings is 1. The molecule has 118 valence electrons. The van der Waals surface area contributed by atoms with Crippen LogP contribution in [-0.2, 0) is 11.2 Å². The Hall–Kier alpha value is -2.08. The topological polar surface area (TPSA) is 74.4 Å². The zero-order valence-electron chi connectivity index (χ0n) is 12.9. The van der Waals surface area contributed by atoms with E-state index in [-0.39, 0.29) is 12.0 Å².